The number of ether oxygens (including phenoxy) is 1. The van der Waals surface area contributed by atoms with Gasteiger partial charge in [-0.25, -0.2) is 13.8 Å². The maximum absolute atomic E-state index is 14.6. The SMILES string of the molecule is O=C(c1cncc2[nH]ccc12)N1CCC(F)(F)C(Oc2ccc3ccccc3n2)C1. The number of amides is 1. The first kappa shape index (κ1) is 18.5. The van der Waals surface area contributed by atoms with E-state index in [0.29, 0.717) is 16.5 Å². The summed E-state index contributed by atoms with van der Waals surface area (Å²) in [6.07, 6.45) is 2.83. The number of alkyl halides is 2. The number of H-pyrrole nitrogens is 1. The minimum atomic E-state index is -3.07. The summed E-state index contributed by atoms with van der Waals surface area (Å²) in [5.74, 6) is -3.30. The first-order valence-corrected chi connectivity index (χ1v) is 9.62. The van der Waals surface area contributed by atoms with Crippen LogP contribution in [0.25, 0.3) is 21.8 Å². The number of carbonyl (C=O) groups excluding carboxylic acids is 1. The Bertz CT molecular complexity index is 1240. The number of pyridine rings is 2. The summed E-state index contributed by atoms with van der Waals surface area (Å²) in [6.45, 7) is -0.293. The summed E-state index contributed by atoms with van der Waals surface area (Å²) < 4.78 is 34.8. The molecule has 0 bridgehead atoms. The van der Waals surface area contributed by atoms with Gasteiger partial charge in [0.1, 0.15) is 0 Å². The van der Waals surface area contributed by atoms with Gasteiger partial charge in [0.15, 0.2) is 6.10 Å². The second-order valence-electron chi connectivity index (χ2n) is 7.34. The zero-order chi connectivity index (χ0) is 20.7. The van der Waals surface area contributed by atoms with Crippen molar-refractivity contribution >= 4 is 27.7 Å². The molecule has 0 saturated carbocycles. The number of para-hydroxylation sites is 1. The number of nitrogens with one attached hydrogen (secondary N) is 1. The number of halogens is 2. The van der Waals surface area contributed by atoms with Crippen molar-refractivity contribution in [2.45, 2.75) is 18.4 Å². The van der Waals surface area contributed by atoms with Gasteiger partial charge in [-0.2, -0.15) is 0 Å². The fraction of sp³-hybridized carbons (Fsp3) is 0.227. The van der Waals surface area contributed by atoms with E-state index in [0.717, 1.165) is 10.9 Å². The molecule has 3 aromatic heterocycles. The van der Waals surface area contributed by atoms with Crippen LogP contribution in [-0.2, 0) is 0 Å². The summed E-state index contributed by atoms with van der Waals surface area (Å²) in [5, 5.41) is 1.60. The van der Waals surface area contributed by atoms with Gasteiger partial charge in [-0.1, -0.05) is 18.2 Å². The van der Waals surface area contributed by atoms with Gasteiger partial charge in [0.2, 0.25) is 5.88 Å². The highest BCUT2D eigenvalue weighted by Crippen LogP contribution is 2.33. The molecule has 1 fully saturated rings. The number of fused-ring (bicyclic) bond motifs is 2. The molecule has 1 unspecified atom stereocenters. The summed E-state index contributed by atoms with van der Waals surface area (Å²) >= 11 is 0. The minimum Gasteiger partial charge on any atom is -0.466 e. The molecule has 1 atom stereocenters. The third-order valence-corrected chi connectivity index (χ3v) is 5.40. The van der Waals surface area contributed by atoms with Gasteiger partial charge < -0.3 is 14.6 Å². The maximum Gasteiger partial charge on any atom is 0.287 e. The van der Waals surface area contributed by atoms with Gasteiger partial charge in [-0.15, -0.1) is 0 Å². The van der Waals surface area contributed by atoms with Crippen LogP contribution in [0.15, 0.2) is 61.1 Å². The van der Waals surface area contributed by atoms with Crippen LogP contribution in [0.5, 0.6) is 5.88 Å². The van der Waals surface area contributed by atoms with E-state index in [4.69, 9.17) is 4.74 Å². The van der Waals surface area contributed by atoms with Gasteiger partial charge in [-0.3, -0.25) is 9.78 Å². The van der Waals surface area contributed by atoms with Gasteiger partial charge in [0.25, 0.3) is 11.8 Å². The zero-order valence-corrected chi connectivity index (χ0v) is 15.9. The molecule has 1 N–H and O–H groups in total. The third-order valence-electron chi connectivity index (χ3n) is 5.40. The second-order valence-corrected chi connectivity index (χ2v) is 7.34. The predicted molar refractivity (Wildman–Crippen MR) is 108 cm³/mol. The molecule has 1 aliphatic heterocycles. The first-order chi connectivity index (χ1) is 14.5. The monoisotopic (exact) mass is 408 g/mol. The molecule has 0 spiro atoms. The number of hydrogen-bond donors (Lipinski definition) is 1. The van der Waals surface area contributed by atoms with E-state index in [1.807, 2.05) is 18.2 Å². The van der Waals surface area contributed by atoms with Crippen molar-refractivity contribution < 1.29 is 18.3 Å². The average Bonchev–Trinajstić information content (AvgIpc) is 3.23. The fourth-order valence-corrected chi connectivity index (χ4v) is 3.76. The van der Waals surface area contributed by atoms with E-state index in [1.54, 1.807) is 36.7 Å². The highest BCUT2D eigenvalue weighted by Gasteiger charge is 2.47. The Hall–Kier alpha value is -3.55. The van der Waals surface area contributed by atoms with Crippen LogP contribution in [0, 0.1) is 0 Å². The van der Waals surface area contributed by atoms with Crippen LogP contribution in [0.3, 0.4) is 0 Å². The minimum absolute atomic E-state index is 0.0579. The number of hydrogen-bond acceptors (Lipinski definition) is 4. The van der Waals surface area contributed by atoms with E-state index in [-0.39, 0.29) is 24.9 Å². The summed E-state index contributed by atoms with van der Waals surface area (Å²) in [5.41, 5.74) is 1.75. The molecule has 1 amide bonds. The predicted octanol–water partition coefficient (Wildman–Crippen LogP) is 4.04. The molecule has 4 heterocycles. The Labute approximate surface area is 170 Å². The van der Waals surface area contributed by atoms with Crippen molar-refractivity contribution in [2.75, 3.05) is 13.1 Å². The summed E-state index contributed by atoms with van der Waals surface area (Å²) in [6, 6.07) is 12.5. The van der Waals surface area contributed by atoms with Crippen LogP contribution in [0.4, 0.5) is 8.78 Å². The lowest BCUT2D eigenvalue weighted by Gasteiger charge is -2.38. The van der Waals surface area contributed by atoms with Crippen LogP contribution in [-0.4, -0.2) is 50.9 Å². The van der Waals surface area contributed by atoms with E-state index in [2.05, 4.69) is 15.0 Å². The lowest BCUT2D eigenvalue weighted by molar-refractivity contribution is -0.131. The smallest absolute Gasteiger partial charge is 0.287 e. The van der Waals surface area contributed by atoms with Crippen molar-refractivity contribution in [3.05, 3.63) is 66.6 Å². The Kier molecular flexibility index (Phi) is 4.34. The topological polar surface area (TPSA) is 71.1 Å². The van der Waals surface area contributed by atoms with Gasteiger partial charge in [0.05, 0.1) is 29.3 Å². The quantitative estimate of drug-likeness (QED) is 0.555. The molecule has 1 aliphatic rings. The molecule has 1 aromatic carbocycles. The number of piperidine rings is 1. The van der Waals surface area contributed by atoms with Crippen molar-refractivity contribution in [2.24, 2.45) is 0 Å². The molecule has 0 radical (unpaired) electrons. The van der Waals surface area contributed by atoms with Crippen LogP contribution < -0.4 is 4.74 Å². The lowest BCUT2D eigenvalue weighted by atomic mass is 10.0. The molecule has 6 nitrogen and oxygen atoms in total. The normalized spacial score (nSPS) is 18.6. The van der Waals surface area contributed by atoms with Crippen molar-refractivity contribution in [1.29, 1.82) is 0 Å². The molecule has 4 aromatic rings. The maximum atomic E-state index is 14.6. The van der Waals surface area contributed by atoms with Crippen molar-refractivity contribution in [1.82, 2.24) is 19.9 Å². The summed E-state index contributed by atoms with van der Waals surface area (Å²) in [4.78, 5) is 25.8. The number of benzene rings is 1. The third kappa shape index (κ3) is 3.24. The molecule has 0 aliphatic carbocycles. The molecular formula is C22H18F2N4O2. The van der Waals surface area contributed by atoms with Gasteiger partial charge in [0, 0.05) is 42.2 Å². The Morgan fingerprint density at radius 2 is 2.03 bits per heavy atom. The molecule has 30 heavy (non-hydrogen) atoms. The standard InChI is InChI=1S/C22H18F2N4O2/c23-22(24)8-10-28(21(29)16-11-25-12-18-15(16)7-9-26-18)13-19(22)30-20-6-5-14-3-1-2-4-17(14)27-20/h1-7,9,11-12,19,26H,8,10,13H2. The van der Waals surface area contributed by atoms with Crippen LogP contribution in [0.2, 0.25) is 0 Å². The first-order valence-electron chi connectivity index (χ1n) is 9.62. The molecule has 152 valence electrons. The van der Waals surface area contributed by atoms with E-state index in [1.165, 1.54) is 11.1 Å². The highest BCUT2D eigenvalue weighted by atomic mass is 19.3. The highest BCUT2D eigenvalue weighted by molar-refractivity contribution is 6.05. The molecule has 1 saturated heterocycles. The zero-order valence-electron chi connectivity index (χ0n) is 15.9. The number of nitrogens with zero attached hydrogens (tertiary/aromatic N) is 3. The van der Waals surface area contributed by atoms with Gasteiger partial charge in [-0.05, 0) is 18.2 Å². The Balaban J connectivity index is 1.40. The molecule has 5 rings (SSSR count). The van der Waals surface area contributed by atoms with Gasteiger partial charge >= 0.3 is 0 Å². The lowest BCUT2D eigenvalue weighted by Crippen LogP contribution is -2.55. The van der Waals surface area contributed by atoms with E-state index in [9.17, 15) is 13.6 Å². The summed E-state index contributed by atoms with van der Waals surface area (Å²) in [7, 11) is 0. The largest absolute Gasteiger partial charge is 0.466 e. The van der Waals surface area contributed by atoms with E-state index < -0.39 is 18.4 Å². The number of carbonyl (C=O) groups is 1. The average molecular weight is 408 g/mol. The van der Waals surface area contributed by atoms with Crippen molar-refractivity contribution in [3.8, 4) is 5.88 Å². The van der Waals surface area contributed by atoms with E-state index >= 15 is 0 Å². The number of aromatic amines is 1. The fourth-order valence-electron chi connectivity index (χ4n) is 3.76. The number of aromatic nitrogens is 3. The molecule has 8 heteroatoms. The number of likely N-dealkylation sites (tertiary alicyclic amines) is 1. The molecular weight excluding hydrogens is 390 g/mol. The Morgan fingerprint density at radius 1 is 1.17 bits per heavy atom. The second kappa shape index (κ2) is 7.05. The van der Waals surface area contributed by atoms with Crippen LogP contribution >= 0.6 is 0 Å². The van der Waals surface area contributed by atoms with Crippen LogP contribution in [0.1, 0.15) is 16.8 Å². The number of rotatable bonds is 3. The Morgan fingerprint density at radius 3 is 2.93 bits per heavy atom. The van der Waals surface area contributed by atoms with Crippen molar-refractivity contribution in [3.63, 3.8) is 0 Å².